The predicted octanol–water partition coefficient (Wildman–Crippen LogP) is 3.44. The summed E-state index contributed by atoms with van der Waals surface area (Å²) in [5.74, 6) is 0. The van der Waals surface area contributed by atoms with E-state index in [9.17, 15) is 4.39 Å². The van der Waals surface area contributed by atoms with Crippen molar-refractivity contribution in [1.29, 1.82) is 0 Å². The molecule has 0 amide bonds. The highest BCUT2D eigenvalue weighted by Crippen LogP contribution is 2.45. The van der Waals surface area contributed by atoms with E-state index in [1.54, 1.807) is 6.92 Å². The van der Waals surface area contributed by atoms with Gasteiger partial charge in [0.25, 0.3) is 0 Å². The summed E-state index contributed by atoms with van der Waals surface area (Å²) in [4.78, 5) is 0. The summed E-state index contributed by atoms with van der Waals surface area (Å²) in [6, 6.07) is 7.72. The van der Waals surface area contributed by atoms with Crippen LogP contribution in [0.3, 0.4) is 0 Å². The zero-order valence-corrected chi connectivity index (χ0v) is 9.17. The van der Waals surface area contributed by atoms with Crippen molar-refractivity contribution in [1.82, 2.24) is 0 Å². The van der Waals surface area contributed by atoms with Gasteiger partial charge in [-0.25, -0.2) is 4.39 Å². The number of rotatable bonds is 2. The molecule has 0 aromatic heterocycles. The maximum absolute atomic E-state index is 13.8. The molecule has 15 heavy (non-hydrogen) atoms. The smallest absolute Gasteiger partial charge is 0.107 e. The Morgan fingerprint density at radius 1 is 1.33 bits per heavy atom. The third-order valence-corrected chi connectivity index (χ3v) is 3.72. The molecule has 0 radical (unpaired) electrons. The number of hydrogen-bond acceptors (Lipinski definition) is 1. The van der Waals surface area contributed by atoms with Crippen LogP contribution in [0, 0.1) is 0 Å². The highest BCUT2D eigenvalue weighted by atomic mass is 19.1. The van der Waals surface area contributed by atoms with Crippen LogP contribution in [0.1, 0.15) is 38.2 Å². The molecule has 0 heterocycles. The average molecular weight is 207 g/mol. The van der Waals surface area contributed by atoms with E-state index >= 15 is 0 Å². The Labute approximate surface area is 90.5 Å². The van der Waals surface area contributed by atoms with Crippen molar-refractivity contribution in [2.75, 3.05) is 5.73 Å². The van der Waals surface area contributed by atoms with Crippen LogP contribution in [-0.2, 0) is 5.41 Å². The van der Waals surface area contributed by atoms with Crippen molar-refractivity contribution in [3.05, 3.63) is 29.8 Å². The first-order valence-corrected chi connectivity index (χ1v) is 5.65. The minimum Gasteiger partial charge on any atom is -0.399 e. The van der Waals surface area contributed by atoms with E-state index in [-0.39, 0.29) is 5.41 Å². The number of hydrogen-bond donors (Lipinski definition) is 1. The molecule has 1 unspecified atom stereocenters. The van der Waals surface area contributed by atoms with Gasteiger partial charge in [0.05, 0.1) is 0 Å². The number of benzene rings is 1. The molecule has 1 aromatic carbocycles. The van der Waals surface area contributed by atoms with Gasteiger partial charge in [0.15, 0.2) is 0 Å². The molecule has 1 aromatic rings. The van der Waals surface area contributed by atoms with Crippen molar-refractivity contribution in [2.45, 2.75) is 44.2 Å². The highest BCUT2D eigenvalue weighted by molar-refractivity contribution is 5.44. The molecular weight excluding hydrogens is 189 g/mol. The first-order valence-electron chi connectivity index (χ1n) is 5.65. The molecule has 2 heteroatoms. The molecule has 0 aliphatic heterocycles. The lowest BCUT2D eigenvalue weighted by molar-refractivity contribution is 0.206. The second kappa shape index (κ2) is 3.84. The molecule has 1 nitrogen and oxygen atoms in total. The van der Waals surface area contributed by atoms with Gasteiger partial charge in [-0.15, -0.1) is 0 Å². The number of alkyl halides is 1. The molecule has 2 rings (SSSR count). The van der Waals surface area contributed by atoms with Crippen molar-refractivity contribution in [2.24, 2.45) is 0 Å². The lowest BCUT2D eigenvalue weighted by Crippen LogP contribution is -2.32. The van der Waals surface area contributed by atoms with Gasteiger partial charge in [-0.1, -0.05) is 25.0 Å². The summed E-state index contributed by atoms with van der Waals surface area (Å²) in [6.45, 7) is 1.68. The fourth-order valence-electron chi connectivity index (χ4n) is 2.77. The standard InChI is InChI=1S/C13H18FN/c1-10(14)13(7-2-3-8-13)11-5-4-6-12(15)9-11/h4-6,9-10H,2-3,7-8,15H2,1H3. The summed E-state index contributed by atoms with van der Waals surface area (Å²) >= 11 is 0. The largest absolute Gasteiger partial charge is 0.399 e. The molecule has 1 aliphatic carbocycles. The molecular formula is C13H18FN. The number of anilines is 1. The second-order valence-electron chi connectivity index (χ2n) is 4.60. The van der Waals surface area contributed by atoms with Gasteiger partial charge in [-0.2, -0.15) is 0 Å². The quantitative estimate of drug-likeness (QED) is 0.739. The first kappa shape index (κ1) is 10.5. The van der Waals surface area contributed by atoms with Crippen molar-refractivity contribution in [3.8, 4) is 0 Å². The normalized spacial score (nSPS) is 21.5. The summed E-state index contributed by atoms with van der Waals surface area (Å²) in [7, 11) is 0. The van der Waals surface area contributed by atoms with Crippen LogP contribution in [0.15, 0.2) is 24.3 Å². The van der Waals surface area contributed by atoms with E-state index in [0.29, 0.717) is 0 Å². The Kier molecular flexibility index (Phi) is 2.68. The van der Waals surface area contributed by atoms with E-state index < -0.39 is 6.17 Å². The van der Waals surface area contributed by atoms with Crippen LogP contribution in [0.2, 0.25) is 0 Å². The molecule has 82 valence electrons. The highest BCUT2D eigenvalue weighted by Gasteiger charge is 2.40. The van der Waals surface area contributed by atoms with Gasteiger partial charge in [0.2, 0.25) is 0 Å². The van der Waals surface area contributed by atoms with Gasteiger partial charge in [-0.05, 0) is 37.5 Å². The van der Waals surface area contributed by atoms with Crippen LogP contribution < -0.4 is 5.73 Å². The number of nitrogens with two attached hydrogens (primary N) is 1. The minimum atomic E-state index is -0.790. The monoisotopic (exact) mass is 207 g/mol. The fraction of sp³-hybridized carbons (Fsp3) is 0.538. The Balaban J connectivity index is 2.41. The van der Waals surface area contributed by atoms with Crippen LogP contribution in [0.5, 0.6) is 0 Å². The molecule has 1 aliphatic rings. The molecule has 1 atom stereocenters. The van der Waals surface area contributed by atoms with E-state index in [0.717, 1.165) is 36.9 Å². The molecule has 2 N–H and O–H groups in total. The lowest BCUT2D eigenvalue weighted by atomic mass is 9.75. The van der Waals surface area contributed by atoms with Gasteiger partial charge < -0.3 is 5.73 Å². The third kappa shape index (κ3) is 1.73. The van der Waals surface area contributed by atoms with E-state index in [1.165, 1.54) is 0 Å². The summed E-state index contributed by atoms with van der Waals surface area (Å²) in [5.41, 5.74) is 7.31. The Morgan fingerprint density at radius 3 is 2.53 bits per heavy atom. The predicted molar refractivity (Wildman–Crippen MR) is 61.6 cm³/mol. The minimum absolute atomic E-state index is 0.268. The van der Waals surface area contributed by atoms with Crippen LogP contribution in [-0.4, -0.2) is 6.17 Å². The van der Waals surface area contributed by atoms with Crippen LogP contribution >= 0.6 is 0 Å². The molecule has 1 saturated carbocycles. The van der Waals surface area contributed by atoms with Gasteiger partial charge in [0.1, 0.15) is 6.17 Å². The Bertz CT molecular complexity index is 340. The SMILES string of the molecule is CC(F)C1(c2cccc(N)c2)CCCC1. The van der Waals surface area contributed by atoms with Gasteiger partial charge >= 0.3 is 0 Å². The van der Waals surface area contributed by atoms with Gasteiger partial charge in [-0.3, -0.25) is 0 Å². The van der Waals surface area contributed by atoms with Crippen molar-refractivity contribution < 1.29 is 4.39 Å². The zero-order valence-electron chi connectivity index (χ0n) is 9.17. The zero-order chi connectivity index (χ0) is 10.9. The number of nitrogen functional groups attached to an aromatic ring is 1. The summed E-state index contributed by atoms with van der Waals surface area (Å²) in [6.07, 6.45) is 3.37. The van der Waals surface area contributed by atoms with Crippen molar-refractivity contribution >= 4 is 5.69 Å². The average Bonchev–Trinajstić information content (AvgIpc) is 2.67. The van der Waals surface area contributed by atoms with Crippen molar-refractivity contribution in [3.63, 3.8) is 0 Å². The van der Waals surface area contributed by atoms with E-state index in [4.69, 9.17) is 5.73 Å². The van der Waals surface area contributed by atoms with E-state index in [2.05, 4.69) is 0 Å². The molecule has 0 bridgehead atoms. The molecule has 0 saturated heterocycles. The topological polar surface area (TPSA) is 26.0 Å². The number of halogens is 1. The molecule has 1 fully saturated rings. The van der Waals surface area contributed by atoms with Crippen LogP contribution in [0.4, 0.5) is 10.1 Å². The lowest BCUT2D eigenvalue weighted by Gasteiger charge is -2.31. The third-order valence-electron chi connectivity index (χ3n) is 3.72. The maximum Gasteiger partial charge on any atom is 0.107 e. The van der Waals surface area contributed by atoms with E-state index in [1.807, 2.05) is 24.3 Å². The summed E-state index contributed by atoms with van der Waals surface area (Å²) in [5, 5.41) is 0. The maximum atomic E-state index is 13.8. The first-order chi connectivity index (χ1) is 7.15. The fourth-order valence-corrected chi connectivity index (χ4v) is 2.77. The van der Waals surface area contributed by atoms with Gasteiger partial charge in [0, 0.05) is 11.1 Å². The second-order valence-corrected chi connectivity index (χ2v) is 4.60. The molecule has 0 spiro atoms. The van der Waals surface area contributed by atoms with Crippen LogP contribution in [0.25, 0.3) is 0 Å². The summed E-state index contributed by atoms with van der Waals surface area (Å²) < 4.78 is 13.8. The Morgan fingerprint density at radius 2 is 2.00 bits per heavy atom. The Hall–Kier alpha value is -1.05.